The normalized spacial score (nSPS) is 20.9. The largest absolute Gasteiger partial charge is 0.463 e. The average molecular weight is 269 g/mol. The fourth-order valence-electron chi connectivity index (χ4n) is 1.98. The number of methoxy groups -OCH3 is 1. The van der Waals surface area contributed by atoms with Gasteiger partial charge < -0.3 is 14.5 Å². The molecule has 2 rings (SSSR count). The predicted octanol–water partition coefficient (Wildman–Crippen LogP) is 2.47. The van der Waals surface area contributed by atoms with E-state index in [-0.39, 0.29) is 11.8 Å². The molecule has 0 aliphatic carbocycles. The highest BCUT2D eigenvalue weighted by Crippen LogP contribution is 2.24. The molecule has 1 aromatic rings. The third kappa shape index (κ3) is 3.29. The molecule has 2 atom stereocenters. The first kappa shape index (κ1) is 13.5. The van der Waals surface area contributed by atoms with Gasteiger partial charge in [-0.05, 0) is 49.4 Å². The lowest BCUT2D eigenvalue weighted by Gasteiger charge is -2.14. The van der Waals surface area contributed by atoms with Crippen molar-refractivity contribution in [2.45, 2.75) is 19.4 Å². The highest BCUT2D eigenvalue weighted by atomic mass is 32.2. The quantitative estimate of drug-likeness (QED) is 0.832. The van der Waals surface area contributed by atoms with Crippen LogP contribution in [0.15, 0.2) is 16.5 Å². The molecule has 4 nitrogen and oxygen atoms in total. The summed E-state index contributed by atoms with van der Waals surface area (Å²) in [7, 11) is 1.35. The van der Waals surface area contributed by atoms with Crippen molar-refractivity contribution in [3.05, 3.63) is 23.7 Å². The van der Waals surface area contributed by atoms with E-state index < -0.39 is 5.97 Å². The second-order valence-electron chi connectivity index (χ2n) is 4.55. The number of furan rings is 1. The van der Waals surface area contributed by atoms with Crippen molar-refractivity contribution in [3.8, 4) is 0 Å². The van der Waals surface area contributed by atoms with Crippen LogP contribution in [0, 0.1) is 5.92 Å². The van der Waals surface area contributed by atoms with Crippen molar-refractivity contribution in [2.24, 2.45) is 5.92 Å². The van der Waals surface area contributed by atoms with Crippen LogP contribution in [0.25, 0.3) is 0 Å². The fourth-order valence-corrected chi connectivity index (χ4v) is 3.27. The van der Waals surface area contributed by atoms with E-state index in [1.807, 2.05) is 24.8 Å². The number of carbonyl (C=O) groups excluding carboxylic acids is 1. The molecule has 0 bridgehead atoms. The Kier molecular flexibility index (Phi) is 4.72. The van der Waals surface area contributed by atoms with Crippen LogP contribution in [0.4, 0.5) is 0 Å². The number of thioether (sulfide) groups is 1. The highest BCUT2D eigenvalue weighted by molar-refractivity contribution is 7.99. The number of ether oxygens (including phenoxy) is 1. The van der Waals surface area contributed by atoms with Gasteiger partial charge in [-0.15, -0.1) is 0 Å². The highest BCUT2D eigenvalue weighted by Gasteiger charge is 2.18. The molecule has 2 unspecified atom stereocenters. The van der Waals surface area contributed by atoms with Gasteiger partial charge in [0.2, 0.25) is 5.76 Å². The summed E-state index contributed by atoms with van der Waals surface area (Å²) in [6, 6.07) is 3.60. The van der Waals surface area contributed by atoms with Crippen molar-refractivity contribution in [1.82, 2.24) is 5.32 Å². The smallest absolute Gasteiger partial charge is 0.373 e. The van der Waals surface area contributed by atoms with Crippen molar-refractivity contribution in [1.29, 1.82) is 0 Å². The van der Waals surface area contributed by atoms with Gasteiger partial charge in [0.05, 0.1) is 13.2 Å². The second-order valence-corrected chi connectivity index (χ2v) is 5.70. The molecule has 5 heteroatoms. The molecular weight excluding hydrogens is 250 g/mol. The molecule has 0 spiro atoms. The van der Waals surface area contributed by atoms with Crippen molar-refractivity contribution in [2.75, 3.05) is 25.2 Å². The minimum Gasteiger partial charge on any atom is -0.463 e. The maximum absolute atomic E-state index is 11.3. The van der Waals surface area contributed by atoms with Gasteiger partial charge >= 0.3 is 5.97 Å². The summed E-state index contributed by atoms with van der Waals surface area (Å²) in [5.41, 5.74) is 0. The number of hydrogen-bond donors (Lipinski definition) is 1. The zero-order chi connectivity index (χ0) is 13.0. The van der Waals surface area contributed by atoms with Crippen LogP contribution in [0.1, 0.15) is 35.7 Å². The number of rotatable bonds is 5. The van der Waals surface area contributed by atoms with Crippen LogP contribution in [-0.4, -0.2) is 31.1 Å². The Morgan fingerprint density at radius 1 is 1.67 bits per heavy atom. The Balaban J connectivity index is 1.85. The first-order valence-corrected chi connectivity index (χ1v) is 7.35. The Labute approximate surface area is 111 Å². The lowest BCUT2D eigenvalue weighted by atomic mass is 10.1. The molecule has 1 aliphatic rings. The fraction of sp³-hybridized carbons (Fsp3) is 0.615. The van der Waals surface area contributed by atoms with Gasteiger partial charge in [0.15, 0.2) is 0 Å². The van der Waals surface area contributed by atoms with Crippen LogP contribution in [0.5, 0.6) is 0 Å². The van der Waals surface area contributed by atoms with Gasteiger partial charge in [-0.25, -0.2) is 4.79 Å². The van der Waals surface area contributed by atoms with E-state index in [0.29, 0.717) is 0 Å². The summed E-state index contributed by atoms with van der Waals surface area (Å²) >= 11 is 2.02. The molecule has 1 N–H and O–H groups in total. The Hall–Kier alpha value is -0.940. The summed E-state index contributed by atoms with van der Waals surface area (Å²) in [5, 5.41) is 3.45. The molecule has 100 valence electrons. The number of carbonyl (C=O) groups is 1. The van der Waals surface area contributed by atoms with Crippen LogP contribution < -0.4 is 5.32 Å². The lowest BCUT2D eigenvalue weighted by Crippen LogP contribution is -2.25. The van der Waals surface area contributed by atoms with Crippen molar-refractivity contribution >= 4 is 17.7 Å². The predicted molar refractivity (Wildman–Crippen MR) is 71.9 cm³/mol. The molecule has 1 saturated heterocycles. The maximum Gasteiger partial charge on any atom is 0.373 e. The van der Waals surface area contributed by atoms with E-state index in [9.17, 15) is 4.79 Å². The number of nitrogens with one attached hydrogen (secondary N) is 1. The van der Waals surface area contributed by atoms with Crippen LogP contribution in [0.3, 0.4) is 0 Å². The first-order chi connectivity index (χ1) is 8.70. The monoisotopic (exact) mass is 269 g/mol. The van der Waals surface area contributed by atoms with Crippen molar-refractivity contribution < 1.29 is 13.9 Å². The van der Waals surface area contributed by atoms with E-state index >= 15 is 0 Å². The summed E-state index contributed by atoms with van der Waals surface area (Å²) in [6.45, 7) is 3.05. The Morgan fingerprint density at radius 3 is 3.17 bits per heavy atom. The topological polar surface area (TPSA) is 51.5 Å². The second kappa shape index (κ2) is 6.29. The summed E-state index contributed by atoms with van der Waals surface area (Å²) in [4.78, 5) is 11.3. The standard InChI is InChI=1S/C13H19NO3S/c1-9(14-7-10-5-6-18-8-10)11-3-4-12(17-11)13(15)16-2/h3-4,9-10,14H,5-8H2,1-2H3. The lowest BCUT2D eigenvalue weighted by molar-refractivity contribution is 0.0562. The Bertz CT molecular complexity index is 399. The van der Waals surface area contributed by atoms with E-state index in [1.165, 1.54) is 25.0 Å². The van der Waals surface area contributed by atoms with E-state index in [4.69, 9.17) is 4.42 Å². The molecule has 18 heavy (non-hydrogen) atoms. The van der Waals surface area contributed by atoms with Crippen molar-refractivity contribution in [3.63, 3.8) is 0 Å². The molecule has 1 fully saturated rings. The zero-order valence-electron chi connectivity index (χ0n) is 10.8. The molecule has 0 saturated carbocycles. The summed E-state index contributed by atoms with van der Waals surface area (Å²) in [5.74, 6) is 3.88. The maximum atomic E-state index is 11.3. The molecule has 2 heterocycles. The number of hydrogen-bond acceptors (Lipinski definition) is 5. The van der Waals surface area contributed by atoms with Crippen LogP contribution in [-0.2, 0) is 4.74 Å². The molecule has 1 aliphatic heterocycles. The van der Waals surface area contributed by atoms with Crippen LogP contribution in [0.2, 0.25) is 0 Å². The summed E-state index contributed by atoms with van der Waals surface area (Å²) in [6.07, 6.45) is 1.29. The van der Waals surface area contributed by atoms with Gasteiger partial charge in [-0.2, -0.15) is 11.8 Å². The molecule has 0 amide bonds. The van der Waals surface area contributed by atoms with Gasteiger partial charge in [0.1, 0.15) is 5.76 Å². The van der Waals surface area contributed by atoms with Gasteiger partial charge in [-0.3, -0.25) is 0 Å². The van der Waals surface area contributed by atoms with Gasteiger partial charge in [0.25, 0.3) is 0 Å². The van der Waals surface area contributed by atoms with E-state index in [2.05, 4.69) is 10.1 Å². The van der Waals surface area contributed by atoms with Gasteiger partial charge in [-0.1, -0.05) is 0 Å². The molecule has 1 aromatic heterocycles. The third-order valence-corrected chi connectivity index (χ3v) is 4.41. The van der Waals surface area contributed by atoms with E-state index in [0.717, 1.165) is 18.2 Å². The zero-order valence-corrected chi connectivity index (χ0v) is 11.6. The summed E-state index contributed by atoms with van der Waals surface area (Å²) < 4.78 is 10.1. The average Bonchev–Trinajstić information content (AvgIpc) is 3.05. The SMILES string of the molecule is COC(=O)c1ccc(C(C)NCC2CCSC2)o1. The minimum atomic E-state index is -0.430. The Morgan fingerprint density at radius 2 is 2.50 bits per heavy atom. The molecular formula is C13H19NO3S. The third-order valence-electron chi connectivity index (χ3n) is 3.18. The first-order valence-electron chi connectivity index (χ1n) is 6.20. The van der Waals surface area contributed by atoms with Gasteiger partial charge in [0, 0.05) is 0 Å². The minimum absolute atomic E-state index is 0.119. The molecule has 0 aromatic carbocycles. The number of esters is 1. The van der Waals surface area contributed by atoms with Crippen LogP contribution >= 0.6 is 11.8 Å². The van der Waals surface area contributed by atoms with E-state index in [1.54, 1.807) is 6.07 Å². The molecule has 0 radical (unpaired) electrons.